The Morgan fingerprint density at radius 1 is 1.08 bits per heavy atom. The lowest BCUT2D eigenvalue weighted by molar-refractivity contribution is -0.138. The molecule has 1 aliphatic carbocycles. The molecule has 39 heavy (non-hydrogen) atoms. The maximum absolute atomic E-state index is 13.9. The third-order valence-electron chi connectivity index (χ3n) is 7.31. The zero-order valence-corrected chi connectivity index (χ0v) is 23.1. The average Bonchev–Trinajstić information content (AvgIpc) is 2.94. The van der Waals surface area contributed by atoms with Crippen molar-refractivity contribution >= 4 is 34.5 Å². The molecule has 2 aliphatic rings. The van der Waals surface area contributed by atoms with Crippen molar-refractivity contribution in [3.8, 4) is 5.75 Å². The van der Waals surface area contributed by atoms with Crippen LogP contribution in [-0.2, 0) is 14.3 Å². The number of dihydropyridines is 1. The van der Waals surface area contributed by atoms with Gasteiger partial charge < -0.3 is 19.2 Å². The number of fused-ring (bicyclic) bond motifs is 1. The Morgan fingerprint density at radius 3 is 2.64 bits per heavy atom. The number of carbonyl (C=O) groups is 2. The van der Waals surface area contributed by atoms with Crippen molar-refractivity contribution in [2.45, 2.75) is 38.5 Å². The number of hydrogen-bond acceptors (Lipinski definition) is 8. The Kier molecular flexibility index (Phi) is 7.93. The molecule has 0 unspecified atom stereocenters. The number of carbonyl (C=O) groups excluding carboxylic acids is 2. The molecular weight excluding hydrogens is 514 g/mol. The monoisotopic (exact) mass is 545 g/mol. The van der Waals surface area contributed by atoms with Gasteiger partial charge in [0.1, 0.15) is 17.9 Å². The molecule has 0 bridgehead atoms. The van der Waals surface area contributed by atoms with Gasteiger partial charge in [-0.25, -0.2) is 4.79 Å². The maximum Gasteiger partial charge on any atom is 0.336 e. The quantitative estimate of drug-likeness (QED) is 0.295. The largest absolute Gasteiger partial charge is 0.496 e. The van der Waals surface area contributed by atoms with Crippen LogP contribution in [0.5, 0.6) is 5.75 Å². The highest BCUT2D eigenvalue weighted by Gasteiger charge is 2.43. The highest BCUT2D eigenvalue weighted by molar-refractivity contribution is 7.99. The summed E-state index contributed by atoms with van der Waals surface area (Å²) in [5.74, 6) is 0.638. The molecule has 0 saturated carbocycles. The first-order chi connectivity index (χ1) is 18.9. The van der Waals surface area contributed by atoms with Crippen molar-refractivity contribution < 1.29 is 23.5 Å². The van der Waals surface area contributed by atoms with Crippen molar-refractivity contribution in [3.05, 3.63) is 98.7 Å². The van der Waals surface area contributed by atoms with Crippen LogP contribution in [0.2, 0.25) is 0 Å². The van der Waals surface area contributed by atoms with E-state index in [-0.39, 0.29) is 41.3 Å². The van der Waals surface area contributed by atoms with Crippen LogP contribution in [0.4, 0.5) is 0 Å². The van der Waals surface area contributed by atoms with Crippen LogP contribution >= 0.6 is 11.8 Å². The number of allylic oxidation sites excluding steroid dienone is 3. The molecule has 2 aromatic carbocycles. The van der Waals surface area contributed by atoms with E-state index in [0.29, 0.717) is 40.1 Å². The molecule has 7 nitrogen and oxygen atoms in total. The number of thioether (sulfide) groups is 1. The lowest BCUT2D eigenvalue weighted by atomic mass is 9.71. The second-order valence-corrected chi connectivity index (χ2v) is 11.0. The number of para-hydroxylation sites is 2. The lowest BCUT2D eigenvalue weighted by Crippen LogP contribution is -2.37. The van der Waals surface area contributed by atoms with Gasteiger partial charge in [-0.1, -0.05) is 37.3 Å². The number of hydrogen-bond donors (Lipinski definition) is 1. The molecule has 8 heteroatoms. The summed E-state index contributed by atoms with van der Waals surface area (Å²) in [5.41, 5.74) is 3.33. The summed E-state index contributed by atoms with van der Waals surface area (Å²) in [5, 5.41) is 3.73. The molecule has 2 heterocycles. The molecule has 5 rings (SSSR count). The van der Waals surface area contributed by atoms with Crippen LogP contribution in [0.15, 0.2) is 86.5 Å². The summed E-state index contributed by atoms with van der Waals surface area (Å²) in [7, 11) is 1.62. The van der Waals surface area contributed by atoms with E-state index in [1.165, 1.54) is 6.26 Å². The summed E-state index contributed by atoms with van der Waals surface area (Å²) < 4.78 is 17.0. The van der Waals surface area contributed by atoms with Gasteiger partial charge in [0.25, 0.3) is 0 Å². The van der Waals surface area contributed by atoms with E-state index in [4.69, 9.17) is 13.9 Å². The van der Waals surface area contributed by atoms with E-state index in [9.17, 15) is 14.4 Å². The lowest BCUT2D eigenvalue weighted by Gasteiger charge is -2.36. The van der Waals surface area contributed by atoms with Gasteiger partial charge in [0.05, 0.1) is 30.3 Å². The number of Topliss-reactive ketones (excluding diaryl/α,β-unsaturated/α-hetero) is 1. The summed E-state index contributed by atoms with van der Waals surface area (Å²) in [6, 6.07) is 14.7. The Morgan fingerprint density at radius 2 is 1.85 bits per heavy atom. The normalized spacial score (nSPS) is 19.1. The van der Waals surface area contributed by atoms with Crippen LogP contribution in [0.1, 0.15) is 49.7 Å². The first-order valence-electron chi connectivity index (χ1n) is 13.1. The molecule has 1 aliphatic heterocycles. The molecule has 0 radical (unpaired) electrons. The maximum atomic E-state index is 13.9. The van der Waals surface area contributed by atoms with Gasteiger partial charge >= 0.3 is 5.97 Å². The minimum Gasteiger partial charge on any atom is -0.496 e. The van der Waals surface area contributed by atoms with Crippen LogP contribution < -0.4 is 15.5 Å². The summed E-state index contributed by atoms with van der Waals surface area (Å²) in [6.45, 7) is 4.07. The van der Waals surface area contributed by atoms with Gasteiger partial charge in [0, 0.05) is 40.6 Å². The zero-order valence-electron chi connectivity index (χ0n) is 22.2. The van der Waals surface area contributed by atoms with E-state index in [1.54, 1.807) is 50.1 Å². The van der Waals surface area contributed by atoms with Gasteiger partial charge in [-0.05, 0) is 42.9 Å². The number of esters is 1. The van der Waals surface area contributed by atoms with Crippen LogP contribution in [-0.4, -0.2) is 37.0 Å². The van der Waals surface area contributed by atoms with Gasteiger partial charge in [-0.2, -0.15) is 11.8 Å². The number of rotatable bonds is 8. The molecule has 1 N–H and O–H groups in total. The smallest absolute Gasteiger partial charge is 0.336 e. The van der Waals surface area contributed by atoms with Crippen LogP contribution in [0, 0.1) is 0 Å². The SMILES string of the molecule is CCSCCOC(=O)C1=C(C)NC2=C(C(=O)C[C@H](c3ccccc3OC)C2)[C@@H]1c1coc2ccccc2c1=O. The predicted molar refractivity (Wildman–Crippen MR) is 152 cm³/mol. The van der Waals surface area contributed by atoms with Crippen molar-refractivity contribution in [2.24, 2.45) is 0 Å². The highest BCUT2D eigenvalue weighted by Crippen LogP contribution is 2.46. The van der Waals surface area contributed by atoms with Crippen molar-refractivity contribution in [2.75, 3.05) is 25.2 Å². The Labute approximate surface area is 231 Å². The Hall–Kier alpha value is -3.78. The fourth-order valence-corrected chi connectivity index (χ4v) is 6.04. The first-order valence-corrected chi connectivity index (χ1v) is 14.2. The summed E-state index contributed by atoms with van der Waals surface area (Å²) in [6.07, 6.45) is 2.15. The van der Waals surface area contributed by atoms with Crippen molar-refractivity contribution in [3.63, 3.8) is 0 Å². The molecule has 1 aromatic heterocycles. The number of nitrogens with one attached hydrogen (secondary N) is 1. The first kappa shape index (κ1) is 26.8. The second kappa shape index (κ2) is 11.5. The third-order valence-corrected chi connectivity index (χ3v) is 8.17. The Bertz CT molecular complexity index is 1550. The van der Waals surface area contributed by atoms with Gasteiger partial charge in [-0.3, -0.25) is 9.59 Å². The molecule has 202 valence electrons. The van der Waals surface area contributed by atoms with Gasteiger partial charge in [-0.15, -0.1) is 0 Å². The van der Waals surface area contributed by atoms with Crippen LogP contribution in [0.3, 0.4) is 0 Å². The number of ether oxygens (including phenoxy) is 2. The predicted octanol–water partition coefficient (Wildman–Crippen LogP) is 5.46. The molecule has 0 spiro atoms. The third kappa shape index (κ3) is 5.13. The van der Waals surface area contributed by atoms with E-state index >= 15 is 0 Å². The minimum atomic E-state index is -0.889. The highest BCUT2D eigenvalue weighted by atomic mass is 32.2. The van der Waals surface area contributed by atoms with E-state index < -0.39 is 11.9 Å². The molecular formula is C31H31NO6S. The molecule has 0 saturated heterocycles. The minimum absolute atomic E-state index is 0.110. The molecule has 0 amide bonds. The number of benzene rings is 2. The fraction of sp³-hybridized carbons (Fsp3) is 0.323. The Balaban J connectivity index is 1.61. The zero-order chi connectivity index (χ0) is 27.5. The number of methoxy groups -OCH3 is 1. The molecule has 3 aromatic rings. The fourth-order valence-electron chi connectivity index (χ4n) is 5.55. The van der Waals surface area contributed by atoms with Crippen molar-refractivity contribution in [1.29, 1.82) is 0 Å². The molecule has 0 fully saturated rings. The van der Waals surface area contributed by atoms with E-state index in [0.717, 1.165) is 17.1 Å². The van der Waals surface area contributed by atoms with Crippen LogP contribution in [0.25, 0.3) is 11.0 Å². The van der Waals surface area contributed by atoms with E-state index in [2.05, 4.69) is 5.32 Å². The average molecular weight is 546 g/mol. The van der Waals surface area contributed by atoms with Gasteiger partial charge in [0.2, 0.25) is 0 Å². The molecule has 2 atom stereocenters. The number of ketones is 1. The standard InChI is InChI=1S/C31H31NO6S/c1-4-39-14-13-37-31(35)27-18(2)32-23-15-19(20-9-5-7-11-25(20)36-3)16-24(33)29(23)28(27)22-17-38-26-12-8-6-10-21(26)30(22)34/h5-12,17,19,28,32H,4,13-16H2,1-3H3/t19-,28-/m1/s1. The second-order valence-electron chi connectivity index (χ2n) is 9.61. The van der Waals surface area contributed by atoms with Crippen molar-refractivity contribution in [1.82, 2.24) is 5.32 Å². The van der Waals surface area contributed by atoms with E-state index in [1.807, 2.05) is 31.2 Å². The topological polar surface area (TPSA) is 94.8 Å². The van der Waals surface area contributed by atoms with Gasteiger partial charge in [0.15, 0.2) is 11.2 Å². The summed E-state index contributed by atoms with van der Waals surface area (Å²) in [4.78, 5) is 41.1. The summed E-state index contributed by atoms with van der Waals surface area (Å²) >= 11 is 1.67.